The van der Waals surface area contributed by atoms with Crippen LogP contribution in [0.2, 0.25) is 0 Å². The summed E-state index contributed by atoms with van der Waals surface area (Å²) in [6, 6.07) is 5.67. The number of carbonyl (C=O) groups excluding carboxylic acids is 2. The number of carbonyl (C=O) groups is 2. The van der Waals surface area contributed by atoms with Crippen LogP contribution in [-0.4, -0.2) is 17.3 Å². The van der Waals surface area contributed by atoms with Gasteiger partial charge in [-0.25, -0.2) is 0 Å². The molecule has 0 saturated heterocycles. The molecule has 12 heavy (non-hydrogen) atoms. The number of hydrogen-bond donors (Lipinski definition) is 0. The van der Waals surface area contributed by atoms with Crippen LogP contribution in [0.3, 0.4) is 0 Å². The van der Waals surface area contributed by atoms with E-state index in [0.29, 0.717) is 0 Å². The Morgan fingerprint density at radius 1 is 1.08 bits per heavy atom. The Bertz CT molecular complexity index is 282. The molecule has 0 radical (unpaired) electrons. The zero-order valence-electron chi connectivity index (χ0n) is 6.08. The van der Waals surface area contributed by atoms with Gasteiger partial charge in [0.05, 0.1) is 0 Å². The number of Topliss-reactive ketones (excluding diaryl/α,β-unsaturated/α-hetero) is 1. The van der Waals surface area contributed by atoms with Gasteiger partial charge in [-0.2, -0.15) is 4.39 Å². The molecule has 0 bridgehead atoms. The fourth-order valence-electron chi connectivity index (χ4n) is 0.703. The van der Waals surface area contributed by atoms with Crippen LogP contribution in [0, 0.1) is 0 Å². The SMILES string of the molecule is O.O=C(F)C(=O)c1ccccc1. The molecule has 1 aromatic rings. The first kappa shape index (κ1) is 10.4. The molecule has 0 heterocycles. The Kier molecular flexibility index (Phi) is 3.79. The number of ketones is 1. The predicted molar refractivity (Wildman–Crippen MR) is 40.5 cm³/mol. The summed E-state index contributed by atoms with van der Waals surface area (Å²) >= 11 is 0. The molecule has 0 spiro atoms. The fraction of sp³-hybridized carbons (Fsp3) is 0. The maximum absolute atomic E-state index is 11.8. The third-order valence-corrected chi connectivity index (χ3v) is 1.21. The average Bonchev–Trinajstić information content (AvgIpc) is 2.05. The number of benzene rings is 1. The summed E-state index contributed by atoms with van der Waals surface area (Å²) < 4.78 is 11.8. The zero-order valence-corrected chi connectivity index (χ0v) is 6.08. The van der Waals surface area contributed by atoms with Crippen LogP contribution >= 0.6 is 0 Å². The van der Waals surface area contributed by atoms with Gasteiger partial charge in [0.1, 0.15) is 0 Å². The lowest BCUT2D eigenvalue weighted by atomic mass is 10.1. The van der Waals surface area contributed by atoms with Crippen LogP contribution in [0.1, 0.15) is 10.4 Å². The number of halogens is 1. The second-order valence-electron chi connectivity index (χ2n) is 1.97. The molecule has 0 aliphatic carbocycles. The van der Waals surface area contributed by atoms with Crippen molar-refractivity contribution in [3.63, 3.8) is 0 Å². The Hall–Kier alpha value is -1.55. The van der Waals surface area contributed by atoms with Gasteiger partial charge in [-0.3, -0.25) is 9.59 Å². The lowest BCUT2D eigenvalue weighted by Crippen LogP contribution is -2.07. The monoisotopic (exact) mass is 170 g/mol. The minimum atomic E-state index is -1.92. The summed E-state index contributed by atoms with van der Waals surface area (Å²) in [5, 5.41) is 0. The number of rotatable bonds is 2. The van der Waals surface area contributed by atoms with E-state index in [2.05, 4.69) is 0 Å². The third-order valence-electron chi connectivity index (χ3n) is 1.21. The van der Waals surface area contributed by atoms with Crippen LogP contribution in [0.4, 0.5) is 4.39 Å². The summed E-state index contributed by atoms with van der Waals surface area (Å²) in [4.78, 5) is 20.5. The first-order chi connectivity index (χ1) is 5.22. The molecule has 4 heteroatoms. The van der Waals surface area contributed by atoms with Crippen molar-refractivity contribution in [1.82, 2.24) is 0 Å². The smallest absolute Gasteiger partial charge is 0.372 e. The van der Waals surface area contributed by atoms with E-state index in [-0.39, 0.29) is 11.0 Å². The van der Waals surface area contributed by atoms with Crippen LogP contribution in [0.15, 0.2) is 30.3 Å². The molecular weight excluding hydrogens is 163 g/mol. The standard InChI is InChI=1S/C8H5FO2.H2O/c9-8(11)7(10)6-4-2-1-3-5-6;/h1-5H;1H2. The molecule has 0 aromatic heterocycles. The van der Waals surface area contributed by atoms with Crippen molar-refractivity contribution in [2.45, 2.75) is 0 Å². The fourth-order valence-corrected chi connectivity index (χ4v) is 0.703. The molecule has 1 rings (SSSR count). The van der Waals surface area contributed by atoms with Crippen molar-refractivity contribution in [3.8, 4) is 0 Å². The van der Waals surface area contributed by atoms with E-state index in [0.717, 1.165) is 0 Å². The highest BCUT2D eigenvalue weighted by Gasteiger charge is 2.13. The quantitative estimate of drug-likeness (QED) is 0.369. The number of hydrogen-bond acceptors (Lipinski definition) is 2. The maximum Gasteiger partial charge on any atom is 0.372 e. The third kappa shape index (κ3) is 2.25. The van der Waals surface area contributed by atoms with E-state index < -0.39 is 11.8 Å². The van der Waals surface area contributed by atoms with Gasteiger partial charge >= 0.3 is 6.04 Å². The topological polar surface area (TPSA) is 65.6 Å². The average molecular weight is 170 g/mol. The van der Waals surface area contributed by atoms with Crippen molar-refractivity contribution in [1.29, 1.82) is 0 Å². The summed E-state index contributed by atoms with van der Waals surface area (Å²) in [6.07, 6.45) is 0. The van der Waals surface area contributed by atoms with E-state index in [1.54, 1.807) is 18.2 Å². The molecule has 0 aliphatic heterocycles. The molecule has 0 saturated carbocycles. The second kappa shape index (κ2) is 4.35. The second-order valence-corrected chi connectivity index (χ2v) is 1.97. The first-order valence-corrected chi connectivity index (χ1v) is 3.01. The molecule has 0 fully saturated rings. The van der Waals surface area contributed by atoms with E-state index in [1.165, 1.54) is 12.1 Å². The van der Waals surface area contributed by atoms with Gasteiger partial charge in [0.15, 0.2) is 0 Å². The Labute approximate surface area is 68.1 Å². The Morgan fingerprint density at radius 3 is 2.00 bits per heavy atom. The first-order valence-electron chi connectivity index (χ1n) is 3.01. The molecule has 2 N–H and O–H groups in total. The highest BCUT2D eigenvalue weighted by molar-refractivity contribution is 6.40. The van der Waals surface area contributed by atoms with Crippen molar-refractivity contribution >= 4 is 11.8 Å². The zero-order chi connectivity index (χ0) is 8.27. The van der Waals surface area contributed by atoms with Crippen molar-refractivity contribution < 1.29 is 19.5 Å². The van der Waals surface area contributed by atoms with Crippen molar-refractivity contribution in [2.75, 3.05) is 0 Å². The largest absolute Gasteiger partial charge is 0.412 e. The molecule has 1 aromatic carbocycles. The van der Waals surface area contributed by atoms with Crippen molar-refractivity contribution in [2.24, 2.45) is 0 Å². The summed E-state index contributed by atoms with van der Waals surface area (Å²) in [6.45, 7) is 0. The summed E-state index contributed by atoms with van der Waals surface area (Å²) in [5.74, 6) is -1.09. The lowest BCUT2D eigenvalue weighted by Gasteiger charge is -1.90. The van der Waals surface area contributed by atoms with Gasteiger partial charge in [-0.1, -0.05) is 30.3 Å². The Morgan fingerprint density at radius 2 is 1.58 bits per heavy atom. The van der Waals surface area contributed by atoms with Crippen LogP contribution in [-0.2, 0) is 4.79 Å². The van der Waals surface area contributed by atoms with Gasteiger partial charge in [0.25, 0.3) is 5.78 Å². The minimum Gasteiger partial charge on any atom is -0.412 e. The highest BCUT2D eigenvalue weighted by Crippen LogP contribution is 2.00. The van der Waals surface area contributed by atoms with Gasteiger partial charge in [-0.15, -0.1) is 0 Å². The molecule has 0 aliphatic rings. The molecule has 0 atom stereocenters. The molecule has 64 valence electrons. The minimum absolute atomic E-state index is 0. The maximum atomic E-state index is 11.8. The lowest BCUT2D eigenvalue weighted by molar-refractivity contribution is -0.124. The van der Waals surface area contributed by atoms with Gasteiger partial charge in [0, 0.05) is 5.56 Å². The van der Waals surface area contributed by atoms with E-state index >= 15 is 0 Å². The molecular formula is C8H7FO3. The molecule has 0 amide bonds. The van der Waals surface area contributed by atoms with E-state index in [9.17, 15) is 14.0 Å². The predicted octanol–water partition coefficient (Wildman–Crippen LogP) is 0.541. The normalized spacial score (nSPS) is 8.42. The molecule has 0 unspecified atom stereocenters. The van der Waals surface area contributed by atoms with E-state index in [4.69, 9.17) is 0 Å². The summed E-state index contributed by atoms with van der Waals surface area (Å²) in [7, 11) is 0. The van der Waals surface area contributed by atoms with E-state index in [1.807, 2.05) is 0 Å². The molecule has 3 nitrogen and oxygen atoms in total. The van der Waals surface area contributed by atoms with Gasteiger partial charge in [-0.05, 0) is 0 Å². The Balaban J connectivity index is 0.00000121. The van der Waals surface area contributed by atoms with Crippen LogP contribution in [0.5, 0.6) is 0 Å². The van der Waals surface area contributed by atoms with Crippen LogP contribution in [0.25, 0.3) is 0 Å². The van der Waals surface area contributed by atoms with Gasteiger partial charge in [0.2, 0.25) is 0 Å². The summed E-state index contributed by atoms with van der Waals surface area (Å²) in [5.41, 5.74) is 0.0833. The highest BCUT2D eigenvalue weighted by atomic mass is 19.1. The van der Waals surface area contributed by atoms with Crippen LogP contribution < -0.4 is 0 Å². The van der Waals surface area contributed by atoms with Gasteiger partial charge < -0.3 is 5.48 Å². The van der Waals surface area contributed by atoms with Crippen molar-refractivity contribution in [3.05, 3.63) is 35.9 Å².